The third-order valence-corrected chi connectivity index (χ3v) is 6.03. The number of aromatic nitrogens is 3. The molecular weight excluding hydrogens is 432 g/mol. The van der Waals surface area contributed by atoms with E-state index >= 15 is 0 Å². The summed E-state index contributed by atoms with van der Waals surface area (Å²) in [6.07, 6.45) is 0. The van der Waals surface area contributed by atoms with Gasteiger partial charge < -0.3 is 10.1 Å². The van der Waals surface area contributed by atoms with E-state index in [9.17, 15) is 4.79 Å². The minimum Gasteiger partial charge on any atom is -0.485 e. The Balaban J connectivity index is 1.47. The Morgan fingerprint density at radius 3 is 2.55 bits per heavy atom. The van der Waals surface area contributed by atoms with Crippen molar-refractivity contribution in [2.45, 2.75) is 32.2 Å². The third-order valence-electron chi connectivity index (χ3n) is 5.06. The molecule has 4 rings (SSSR count). The highest BCUT2D eigenvalue weighted by atomic mass is 32.2. The van der Waals surface area contributed by atoms with Crippen LogP contribution in [0.25, 0.3) is 0 Å². The number of amides is 1. The van der Waals surface area contributed by atoms with Gasteiger partial charge in [0.05, 0.1) is 12.3 Å². The fourth-order valence-electron chi connectivity index (χ4n) is 3.37. The Labute approximate surface area is 198 Å². The van der Waals surface area contributed by atoms with E-state index < -0.39 is 0 Å². The topological polar surface area (TPSA) is 69.0 Å². The molecule has 1 heterocycles. The molecule has 0 unspecified atom stereocenters. The minimum atomic E-state index is -0.0856. The summed E-state index contributed by atoms with van der Waals surface area (Å²) < 4.78 is 8.03. The molecule has 4 aromatic rings. The monoisotopic (exact) mass is 458 g/mol. The van der Waals surface area contributed by atoms with Crippen molar-refractivity contribution in [3.63, 3.8) is 0 Å². The number of benzene rings is 3. The average Bonchev–Trinajstić information content (AvgIpc) is 3.19. The third kappa shape index (κ3) is 6.23. The molecule has 1 aromatic heterocycles. The largest absolute Gasteiger partial charge is 0.485 e. The van der Waals surface area contributed by atoms with Crippen molar-refractivity contribution >= 4 is 23.4 Å². The number of carbonyl (C=O) groups excluding carboxylic acids is 1. The number of anilines is 1. The van der Waals surface area contributed by atoms with E-state index in [0.29, 0.717) is 24.1 Å². The summed E-state index contributed by atoms with van der Waals surface area (Å²) >= 11 is 1.37. The molecule has 0 aliphatic rings. The Morgan fingerprint density at radius 2 is 1.76 bits per heavy atom. The zero-order valence-corrected chi connectivity index (χ0v) is 19.5. The van der Waals surface area contributed by atoms with Gasteiger partial charge in [0.1, 0.15) is 12.4 Å². The van der Waals surface area contributed by atoms with E-state index in [0.717, 1.165) is 28.1 Å². The molecule has 0 bridgehead atoms. The number of hydrogen-bond donors (Lipinski definition) is 1. The molecule has 33 heavy (non-hydrogen) atoms. The van der Waals surface area contributed by atoms with E-state index in [1.165, 1.54) is 11.8 Å². The van der Waals surface area contributed by atoms with Gasteiger partial charge in [-0.3, -0.25) is 9.36 Å². The molecular formula is C26H26N4O2S. The molecule has 0 saturated heterocycles. The van der Waals surface area contributed by atoms with Gasteiger partial charge in [0, 0.05) is 5.69 Å². The van der Waals surface area contributed by atoms with Crippen LogP contribution in [-0.2, 0) is 17.9 Å². The van der Waals surface area contributed by atoms with Crippen molar-refractivity contribution in [2.24, 2.45) is 0 Å². The number of thioether (sulfide) groups is 1. The number of hydrogen-bond acceptors (Lipinski definition) is 5. The quantitative estimate of drug-likeness (QED) is 0.347. The molecule has 6 nitrogen and oxygen atoms in total. The van der Waals surface area contributed by atoms with Gasteiger partial charge in [-0.25, -0.2) is 0 Å². The second kappa shape index (κ2) is 10.8. The molecule has 1 amide bonds. The molecule has 0 spiro atoms. The van der Waals surface area contributed by atoms with Crippen LogP contribution in [0.15, 0.2) is 84.0 Å². The summed E-state index contributed by atoms with van der Waals surface area (Å²) in [6.45, 7) is 4.90. The van der Waals surface area contributed by atoms with Gasteiger partial charge >= 0.3 is 0 Å². The molecule has 1 N–H and O–H groups in total. The molecule has 168 valence electrons. The normalized spacial score (nSPS) is 10.7. The van der Waals surface area contributed by atoms with E-state index in [1.54, 1.807) is 0 Å². The number of nitrogens with zero attached hydrogens (tertiary/aromatic N) is 3. The molecule has 0 aliphatic heterocycles. The molecule has 7 heteroatoms. The van der Waals surface area contributed by atoms with E-state index in [2.05, 4.69) is 27.6 Å². The summed E-state index contributed by atoms with van der Waals surface area (Å²) in [4.78, 5) is 12.5. The van der Waals surface area contributed by atoms with Crippen LogP contribution in [-0.4, -0.2) is 26.4 Å². The summed E-state index contributed by atoms with van der Waals surface area (Å²) in [5.41, 5.74) is 4.08. The van der Waals surface area contributed by atoms with Crippen LogP contribution in [0, 0.1) is 13.8 Å². The van der Waals surface area contributed by atoms with Crippen LogP contribution in [0.2, 0.25) is 0 Å². The number of rotatable bonds is 9. The van der Waals surface area contributed by atoms with Crippen LogP contribution >= 0.6 is 11.8 Å². The molecule has 0 radical (unpaired) electrons. The summed E-state index contributed by atoms with van der Waals surface area (Å²) in [7, 11) is 0. The Morgan fingerprint density at radius 1 is 0.970 bits per heavy atom. The van der Waals surface area contributed by atoms with E-state index in [1.807, 2.05) is 85.1 Å². The molecule has 3 aromatic carbocycles. The van der Waals surface area contributed by atoms with E-state index in [-0.39, 0.29) is 11.7 Å². The maximum absolute atomic E-state index is 12.5. The Hall–Kier alpha value is -3.58. The first-order valence-corrected chi connectivity index (χ1v) is 11.7. The van der Waals surface area contributed by atoms with Crippen molar-refractivity contribution in [1.29, 1.82) is 0 Å². The van der Waals surface area contributed by atoms with Crippen LogP contribution in [0.5, 0.6) is 5.75 Å². The van der Waals surface area contributed by atoms with Crippen molar-refractivity contribution < 1.29 is 9.53 Å². The van der Waals surface area contributed by atoms with Crippen molar-refractivity contribution in [3.05, 3.63) is 101 Å². The Kier molecular flexibility index (Phi) is 7.42. The first kappa shape index (κ1) is 22.6. The predicted octanol–water partition coefficient (Wildman–Crippen LogP) is 5.25. The second-order valence-electron chi connectivity index (χ2n) is 7.73. The van der Waals surface area contributed by atoms with Crippen molar-refractivity contribution in [2.75, 3.05) is 11.1 Å². The number of ether oxygens (including phenoxy) is 1. The van der Waals surface area contributed by atoms with Crippen molar-refractivity contribution in [3.8, 4) is 5.75 Å². The summed E-state index contributed by atoms with van der Waals surface area (Å²) in [6, 6.07) is 25.8. The fourth-order valence-corrected chi connectivity index (χ4v) is 4.12. The van der Waals surface area contributed by atoms with Gasteiger partial charge in [-0.1, -0.05) is 72.4 Å². The highest BCUT2D eigenvalue weighted by Gasteiger charge is 2.16. The maximum atomic E-state index is 12.5. The first-order valence-electron chi connectivity index (χ1n) is 10.7. The van der Waals surface area contributed by atoms with Crippen LogP contribution in [0.1, 0.15) is 22.5 Å². The number of aryl methyl sites for hydroxylation is 2. The Bertz CT molecular complexity index is 1220. The van der Waals surface area contributed by atoms with Crippen LogP contribution in [0.3, 0.4) is 0 Å². The van der Waals surface area contributed by atoms with Gasteiger partial charge in [0.2, 0.25) is 5.91 Å². The smallest absolute Gasteiger partial charge is 0.234 e. The lowest BCUT2D eigenvalue weighted by atomic mass is 10.2. The number of nitrogens with one attached hydrogen (secondary N) is 1. The van der Waals surface area contributed by atoms with Crippen LogP contribution in [0.4, 0.5) is 5.69 Å². The molecule has 0 atom stereocenters. The SMILES string of the molecule is Cc1cccc(NC(=O)CSc2nnc(COc3ccccc3C)n2Cc2ccccc2)c1. The fraction of sp³-hybridized carbons (Fsp3) is 0.192. The average molecular weight is 459 g/mol. The summed E-state index contributed by atoms with van der Waals surface area (Å²) in [5, 5.41) is 12.3. The highest BCUT2D eigenvalue weighted by molar-refractivity contribution is 7.99. The standard InChI is InChI=1S/C26H26N4O2S/c1-19-9-8-13-22(15-19)27-25(31)18-33-26-29-28-24(17-32-23-14-7-6-10-20(23)2)30(26)16-21-11-4-3-5-12-21/h3-15H,16-18H2,1-2H3,(H,27,31). The minimum absolute atomic E-state index is 0.0856. The molecule has 0 aliphatic carbocycles. The van der Waals surface area contributed by atoms with Gasteiger partial charge in [-0.15, -0.1) is 10.2 Å². The number of carbonyl (C=O) groups is 1. The lowest BCUT2D eigenvalue weighted by molar-refractivity contribution is -0.113. The summed E-state index contributed by atoms with van der Waals surface area (Å²) in [5.74, 6) is 1.68. The molecule has 0 fully saturated rings. The van der Waals surface area contributed by atoms with Gasteiger partial charge in [0.15, 0.2) is 11.0 Å². The van der Waals surface area contributed by atoms with Crippen molar-refractivity contribution in [1.82, 2.24) is 14.8 Å². The zero-order valence-electron chi connectivity index (χ0n) is 18.7. The lowest BCUT2D eigenvalue weighted by Crippen LogP contribution is -2.15. The maximum Gasteiger partial charge on any atom is 0.234 e. The van der Waals surface area contributed by atoms with Gasteiger partial charge in [0.25, 0.3) is 0 Å². The molecule has 0 saturated carbocycles. The second-order valence-corrected chi connectivity index (χ2v) is 8.67. The lowest BCUT2D eigenvalue weighted by Gasteiger charge is -2.12. The van der Waals surface area contributed by atoms with Crippen LogP contribution < -0.4 is 10.1 Å². The van der Waals surface area contributed by atoms with Gasteiger partial charge in [-0.05, 0) is 48.7 Å². The highest BCUT2D eigenvalue weighted by Crippen LogP contribution is 2.22. The zero-order chi connectivity index (χ0) is 23.0. The first-order chi connectivity index (χ1) is 16.1. The predicted molar refractivity (Wildman–Crippen MR) is 132 cm³/mol. The van der Waals surface area contributed by atoms with E-state index in [4.69, 9.17) is 4.74 Å². The number of para-hydroxylation sites is 1. The van der Waals surface area contributed by atoms with Gasteiger partial charge in [-0.2, -0.15) is 0 Å².